The number of nitrogens with zero attached hydrogens (tertiary/aromatic N) is 5. The Bertz CT molecular complexity index is 948. The molecule has 0 radical (unpaired) electrons. The van der Waals surface area contributed by atoms with Gasteiger partial charge in [-0.2, -0.15) is 0 Å². The third kappa shape index (κ3) is 2.78. The highest BCUT2D eigenvalue weighted by atomic mass is 35.5. The molecule has 7 nitrogen and oxygen atoms in total. The number of hydrogen-bond donors (Lipinski definition) is 0. The lowest BCUT2D eigenvalue weighted by Gasteiger charge is -1.99. The molecule has 23 heavy (non-hydrogen) atoms. The van der Waals surface area contributed by atoms with E-state index < -0.39 is 4.92 Å². The fraction of sp³-hybridized carbons (Fsp3) is 0.133. The maximum atomic E-state index is 10.9. The molecule has 3 aromatic rings. The highest BCUT2D eigenvalue weighted by Gasteiger charge is 2.13. The van der Waals surface area contributed by atoms with Crippen LogP contribution in [0, 0.1) is 24.0 Å². The van der Waals surface area contributed by atoms with E-state index in [9.17, 15) is 10.1 Å². The number of halogens is 1. The molecule has 0 fully saturated rings. The standard InChI is InChI=1S/C15H12ClN5O2/c1-9-4-3-7-20-14(9)17-10(2)15(20)19-18-11-5-6-12(16)13(8-11)21(22)23/h3-8H,1-2H3. The summed E-state index contributed by atoms with van der Waals surface area (Å²) in [4.78, 5) is 14.8. The monoisotopic (exact) mass is 329 g/mol. The molecule has 0 spiro atoms. The molecule has 0 saturated carbocycles. The number of fused-ring (bicyclic) bond motifs is 1. The van der Waals surface area contributed by atoms with E-state index in [1.54, 1.807) is 6.07 Å². The Morgan fingerprint density at radius 3 is 2.78 bits per heavy atom. The van der Waals surface area contributed by atoms with Crippen LogP contribution in [0.3, 0.4) is 0 Å². The number of rotatable bonds is 3. The minimum atomic E-state index is -0.551. The number of aromatic nitrogens is 2. The first-order valence-corrected chi connectivity index (χ1v) is 7.15. The van der Waals surface area contributed by atoms with Crippen molar-refractivity contribution in [2.75, 3.05) is 0 Å². The zero-order valence-corrected chi connectivity index (χ0v) is 13.2. The van der Waals surface area contributed by atoms with Crippen LogP contribution in [0.1, 0.15) is 11.3 Å². The summed E-state index contributed by atoms with van der Waals surface area (Å²) >= 11 is 5.78. The fourth-order valence-corrected chi connectivity index (χ4v) is 2.42. The minimum absolute atomic E-state index is 0.0653. The molecule has 0 amide bonds. The molecule has 0 aliphatic rings. The molecular weight excluding hydrogens is 318 g/mol. The Balaban J connectivity index is 2.04. The van der Waals surface area contributed by atoms with Crippen LogP contribution in [-0.4, -0.2) is 14.3 Å². The number of imidazole rings is 1. The number of pyridine rings is 1. The van der Waals surface area contributed by atoms with Crippen LogP contribution in [0.4, 0.5) is 17.2 Å². The average molecular weight is 330 g/mol. The van der Waals surface area contributed by atoms with Gasteiger partial charge in [-0.05, 0) is 37.6 Å². The Labute approximate surface area is 136 Å². The van der Waals surface area contributed by atoms with Crippen molar-refractivity contribution in [1.29, 1.82) is 0 Å². The zero-order valence-electron chi connectivity index (χ0n) is 12.4. The first-order chi connectivity index (χ1) is 11.0. The van der Waals surface area contributed by atoms with E-state index in [0.717, 1.165) is 16.9 Å². The molecule has 0 atom stereocenters. The second kappa shape index (κ2) is 5.77. The third-order valence-corrected chi connectivity index (χ3v) is 3.69. The van der Waals surface area contributed by atoms with Crippen molar-refractivity contribution in [3.63, 3.8) is 0 Å². The molecule has 0 saturated heterocycles. The van der Waals surface area contributed by atoms with E-state index in [0.29, 0.717) is 11.5 Å². The number of nitro groups is 1. The average Bonchev–Trinajstić information content (AvgIpc) is 2.83. The van der Waals surface area contributed by atoms with E-state index >= 15 is 0 Å². The van der Waals surface area contributed by atoms with Crippen molar-refractivity contribution in [3.8, 4) is 0 Å². The van der Waals surface area contributed by atoms with Gasteiger partial charge in [0.15, 0.2) is 5.82 Å². The van der Waals surface area contributed by atoms with Gasteiger partial charge in [0.25, 0.3) is 5.69 Å². The number of nitro benzene ring substituents is 1. The molecule has 116 valence electrons. The van der Waals surface area contributed by atoms with E-state index in [-0.39, 0.29) is 10.7 Å². The highest BCUT2D eigenvalue weighted by Crippen LogP contribution is 2.30. The maximum Gasteiger partial charge on any atom is 0.290 e. The quantitative estimate of drug-likeness (QED) is 0.388. The molecule has 0 N–H and O–H groups in total. The van der Waals surface area contributed by atoms with Crippen LogP contribution in [0.2, 0.25) is 5.02 Å². The van der Waals surface area contributed by atoms with Crippen molar-refractivity contribution in [2.24, 2.45) is 10.2 Å². The number of aryl methyl sites for hydroxylation is 2. The largest absolute Gasteiger partial charge is 0.290 e. The first kappa shape index (κ1) is 15.1. The van der Waals surface area contributed by atoms with Gasteiger partial charge in [-0.15, -0.1) is 10.2 Å². The highest BCUT2D eigenvalue weighted by molar-refractivity contribution is 6.32. The summed E-state index contributed by atoms with van der Waals surface area (Å²) in [6.45, 7) is 3.80. The molecule has 0 unspecified atom stereocenters. The van der Waals surface area contributed by atoms with E-state index in [1.165, 1.54) is 12.1 Å². The summed E-state index contributed by atoms with van der Waals surface area (Å²) in [7, 11) is 0. The molecule has 8 heteroatoms. The predicted octanol–water partition coefficient (Wildman–Crippen LogP) is 4.93. The maximum absolute atomic E-state index is 10.9. The number of azo groups is 1. The molecule has 0 bridgehead atoms. The lowest BCUT2D eigenvalue weighted by Crippen LogP contribution is -1.88. The molecule has 2 aromatic heterocycles. The van der Waals surface area contributed by atoms with Crippen molar-refractivity contribution in [3.05, 3.63) is 62.9 Å². The Morgan fingerprint density at radius 2 is 2.04 bits per heavy atom. The minimum Gasteiger partial charge on any atom is -0.283 e. The van der Waals surface area contributed by atoms with Gasteiger partial charge in [-0.3, -0.25) is 14.5 Å². The van der Waals surface area contributed by atoms with E-state index in [2.05, 4.69) is 15.2 Å². The van der Waals surface area contributed by atoms with Gasteiger partial charge in [-0.1, -0.05) is 17.7 Å². The van der Waals surface area contributed by atoms with Crippen LogP contribution in [0.15, 0.2) is 46.8 Å². The molecule has 2 heterocycles. The second-order valence-corrected chi connectivity index (χ2v) is 5.41. The molecule has 3 rings (SSSR count). The van der Waals surface area contributed by atoms with Gasteiger partial charge in [0, 0.05) is 12.3 Å². The second-order valence-electron chi connectivity index (χ2n) is 5.00. The lowest BCUT2D eigenvalue weighted by molar-refractivity contribution is -0.384. The Hall–Kier alpha value is -2.80. The summed E-state index contributed by atoms with van der Waals surface area (Å²) in [6, 6.07) is 8.15. The van der Waals surface area contributed by atoms with Crippen LogP contribution in [-0.2, 0) is 0 Å². The van der Waals surface area contributed by atoms with Crippen LogP contribution < -0.4 is 0 Å². The normalized spacial score (nSPS) is 11.4. The topological polar surface area (TPSA) is 85.2 Å². The van der Waals surface area contributed by atoms with Crippen LogP contribution >= 0.6 is 11.6 Å². The third-order valence-electron chi connectivity index (χ3n) is 3.37. The lowest BCUT2D eigenvalue weighted by atomic mass is 10.3. The van der Waals surface area contributed by atoms with Crippen LogP contribution in [0.5, 0.6) is 0 Å². The number of hydrogen-bond acceptors (Lipinski definition) is 5. The molecule has 0 aliphatic carbocycles. The fourth-order valence-electron chi connectivity index (χ4n) is 2.23. The van der Waals surface area contributed by atoms with Crippen molar-refractivity contribution in [2.45, 2.75) is 13.8 Å². The molecule has 0 aliphatic heterocycles. The Morgan fingerprint density at radius 1 is 1.26 bits per heavy atom. The van der Waals surface area contributed by atoms with Crippen molar-refractivity contribution in [1.82, 2.24) is 9.38 Å². The van der Waals surface area contributed by atoms with Gasteiger partial charge in [0.2, 0.25) is 0 Å². The van der Waals surface area contributed by atoms with Crippen molar-refractivity contribution < 1.29 is 4.92 Å². The van der Waals surface area contributed by atoms with Gasteiger partial charge in [-0.25, -0.2) is 4.98 Å². The van der Waals surface area contributed by atoms with E-state index in [4.69, 9.17) is 11.6 Å². The number of benzene rings is 1. The molecule has 1 aromatic carbocycles. The first-order valence-electron chi connectivity index (χ1n) is 6.77. The van der Waals surface area contributed by atoms with Gasteiger partial charge >= 0.3 is 0 Å². The summed E-state index contributed by atoms with van der Waals surface area (Å²) < 4.78 is 1.83. The van der Waals surface area contributed by atoms with Crippen molar-refractivity contribution >= 4 is 34.4 Å². The zero-order chi connectivity index (χ0) is 16.6. The summed E-state index contributed by atoms with van der Waals surface area (Å²) in [5.41, 5.74) is 2.71. The molecular formula is C15H12ClN5O2. The van der Waals surface area contributed by atoms with E-state index in [1.807, 2.05) is 36.6 Å². The predicted molar refractivity (Wildman–Crippen MR) is 86.9 cm³/mol. The summed E-state index contributed by atoms with van der Waals surface area (Å²) in [6.07, 6.45) is 1.85. The summed E-state index contributed by atoms with van der Waals surface area (Å²) in [5, 5.41) is 19.2. The summed E-state index contributed by atoms with van der Waals surface area (Å²) in [5.74, 6) is 0.585. The SMILES string of the molecule is Cc1nc2c(C)cccn2c1N=Nc1ccc(Cl)c([N+](=O)[O-])c1. The smallest absolute Gasteiger partial charge is 0.283 e. The van der Waals surface area contributed by atoms with Gasteiger partial charge in [0.1, 0.15) is 10.7 Å². The van der Waals surface area contributed by atoms with Gasteiger partial charge < -0.3 is 0 Å². The Kier molecular flexibility index (Phi) is 3.79. The van der Waals surface area contributed by atoms with Gasteiger partial charge in [0.05, 0.1) is 16.3 Å². The van der Waals surface area contributed by atoms with Crippen LogP contribution in [0.25, 0.3) is 5.65 Å².